The van der Waals surface area contributed by atoms with Gasteiger partial charge in [0.15, 0.2) is 10.8 Å². The van der Waals surface area contributed by atoms with Gasteiger partial charge in [0.1, 0.15) is 0 Å². The van der Waals surface area contributed by atoms with E-state index in [1.807, 2.05) is 5.38 Å². The largest absolute Gasteiger partial charge is 0.259 e. The van der Waals surface area contributed by atoms with Gasteiger partial charge < -0.3 is 0 Å². The number of aromatic nitrogens is 3. The molecule has 1 atom stereocenters. The maximum absolute atomic E-state index is 12.3. The van der Waals surface area contributed by atoms with Crippen molar-refractivity contribution in [2.24, 2.45) is 5.92 Å². The second-order valence-corrected chi connectivity index (χ2v) is 7.83. The minimum absolute atomic E-state index is 0.555. The van der Waals surface area contributed by atoms with Crippen molar-refractivity contribution in [3.63, 3.8) is 0 Å². The van der Waals surface area contributed by atoms with E-state index in [4.69, 9.17) is 0 Å². The maximum atomic E-state index is 12.3. The van der Waals surface area contributed by atoms with Gasteiger partial charge in [0.2, 0.25) is 0 Å². The van der Waals surface area contributed by atoms with E-state index in [0.717, 1.165) is 16.5 Å². The Balaban J connectivity index is 1.58. The first kappa shape index (κ1) is 14.8. The van der Waals surface area contributed by atoms with Crippen LogP contribution in [0.2, 0.25) is 0 Å². The molecule has 0 aromatic carbocycles. The third-order valence-electron chi connectivity index (χ3n) is 3.76. The molecule has 0 spiro atoms. The minimum atomic E-state index is -0.808. The summed E-state index contributed by atoms with van der Waals surface area (Å²) < 4.78 is 12.3. The number of nitrogens with zero attached hydrogens (tertiary/aromatic N) is 3. The lowest BCUT2D eigenvalue weighted by atomic mass is 9.91. The second kappa shape index (κ2) is 7.22. The quantitative estimate of drug-likeness (QED) is 0.846. The third kappa shape index (κ3) is 4.17. The molecular weight excluding hydrogens is 302 g/mol. The fourth-order valence-corrected chi connectivity index (χ4v) is 5.05. The lowest BCUT2D eigenvalue weighted by Crippen LogP contribution is -2.15. The van der Waals surface area contributed by atoms with Crippen LogP contribution < -0.4 is 0 Å². The average Bonchev–Trinajstić information content (AvgIpc) is 2.97. The van der Waals surface area contributed by atoms with E-state index in [1.165, 1.54) is 43.4 Å². The summed E-state index contributed by atoms with van der Waals surface area (Å²) in [7, 11) is -0.808. The topological polar surface area (TPSA) is 55.7 Å². The van der Waals surface area contributed by atoms with Crippen molar-refractivity contribution in [2.45, 2.75) is 37.9 Å². The first-order chi connectivity index (χ1) is 10.3. The molecule has 1 aliphatic rings. The Kier molecular flexibility index (Phi) is 5.08. The first-order valence-corrected chi connectivity index (χ1v) is 9.75. The zero-order valence-electron chi connectivity index (χ0n) is 11.9. The Bertz CT molecular complexity index is 594. The van der Waals surface area contributed by atoms with Crippen molar-refractivity contribution in [3.05, 3.63) is 29.5 Å². The molecule has 0 aliphatic heterocycles. The van der Waals surface area contributed by atoms with E-state index in [9.17, 15) is 4.21 Å². The second-order valence-electron chi connectivity index (χ2n) is 5.47. The molecule has 1 aliphatic carbocycles. The molecule has 6 heteroatoms. The molecular formula is C15H19N3OS2. The monoisotopic (exact) mass is 321 g/mol. The van der Waals surface area contributed by atoms with Crippen LogP contribution in [0, 0.1) is 5.92 Å². The third-order valence-corrected chi connectivity index (χ3v) is 6.11. The van der Waals surface area contributed by atoms with Gasteiger partial charge in [-0.3, -0.25) is 4.21 Å². The van der Waals surface area contributed by atoms with E-state index in [-0.39, 0.29) is 0 Å². The number of hydrogen-bond donors (Lipinski definition) is 0. The predicted octanol–water partition coefficient (Wildman–Crippen LogP) is 3.43. The van der Waals surface area contributed by atoms with Crippen LogP contribution in [0.1, 0.15) is 37.8 Å². The molecule has 2 aromatic rings. The van der Waals surface area contributed by atoms with Crippen LogP contribution in [-0.4, -0.2) is 24.9 Å². The van der Waals surface area contributed by atoms with Crippen molar-refractivity contribution in [3.8, 4) is 10.8 Å². The van der Waals surface area contributed by atoms with Gasteiger partial charge in [0.25, 0.3) is 0 Å². The van der Waals surface area contributed by atoms with Crippen LogP contribution in [0.25, 0.3) is 10.8 Å². The van der Waals surface area contributed by atoms with E-state index in [2.05, 4.69) is 15.0 Å². The van der Waals surface area contributed by atoms with Gasteiger partial charge in [-0.15, -0.1) is 11.3 Å². The molecule has 0 amide bonds. The van der Waals surface area contributed by atoms with Gasteiger partial charge in [-0.1, -0.05) is 19.3 Å². The van der Waals surface area contributed by atoms with Crippen LogP contribution in [0.4, 0.5) is 0 Å². The Morgan fingerprint density at radius 2 is 1.95 bits per heavy atom. The highest BCUT2D eigenvalue weighted by atomic mass is 32.2. The highest BCUT2D eigenvalue weighted by Crippen LogP contribution is 2.25. The standard InChI is InChI=1S/C15H19N3OS2/c19-21(10-12-5-2-1-3-6-12)11-13-9-20-15(18-13)14-16-7-4-8-17-14/h4,7-9,12H,1-3,5-6,10-11H2. The van der Waals surface area contributed by atoms with Crippen molar-refractivity contribution in [1.29, 1.82) is 0 Å². The summed E-state index contributed by atoms with van der Waals surface area (Å²) >= 11 is 1.52. The number of rotatable bonds is 5. The maximum Gasteiger partial charge on any atom is 0.188 e. The lowest BCUT2D eigenvalue weighted by molar-refractivity contribution is 0.388. The molecule has 3 rings (SSSR count). The van der Waals surface area contributed by atoms with E-state index in [0.29, 0.717) is 17.5 Å². The molecule has 0 radical (unpaired) electrons. The smallest absolute Gasteiger partial charge is 0.188 e. The molecule has 0 N–H and O–H groups in total. The SMILES string of the molecule is O=S(Cc1csc(-c2ncccn2)n1)CC1CCCCC1. The van der Waals surface area contributed by atoms with Crippen LogP contribution in [0.3, 0.4) is 0 Å². The van der Waals surface area contributed by atoms with Crippen LogP contribution in [-0.2, 0) is 16.6 Å². The first-order valence-electron chi connectivity index (χ1n) is 7.38. The van der Waals surface area contributed by atoms with Crippen molar-refractivity contribution in [1.82, 2.24) is 15.0 Å². The minimum Gasteiger partial charge on any atom is -0.259 e. The molecule has 1 fully saturated rings. The van der Waals surface area contributed by atoms with Gasteiger partial charge >= 0.3 is 0 Å². The van der Waals surface area contributed by atoms with Gasteiger partial charge in [-0.25, -0.2) is 15.0 Å². The molecule has 0 saturated heterocycles. The van der Waals surface area contributed by atoms with Crippen molar-refractivity contribution >= 4 is 22.1 Å². The van der Waals surface area contributed by atoms with Crippen molar-refractivity contribution < 1.29 is 4.21 Å². The summed E-state index contributed by atoms with van der Waals surface area (Å²) in [4.78, 5) is 12.9. The summed E-state index contributed by atoms with van der Waals surface area (Å²) in [6.07, 6.45) is 9.85. The van der Waals surface area contributed by atoms with E-state index < -0.39 is 10.8 Å². The molecule has 0 bridgehead atoms. The summed E-state index contributed by atoms with van der Waals surface area (Å²) in [5.41, 5.74) is 0.900. The van der Waals surface area contributed by atoms with Gasteiger partial charge in [0, 0.05) is 34.3 Å². The molecule has 2 heterocycles. The highest BCUT2D eigenvalue weighted by molar-refractivity contribution is 7.84. The molecule has 112 valence electrons. The zero-order chi connectivity index (χ0) is 14.5. The Labute approximate surface area is 131 Å². The Morgan fingerprint density at radius 1 is 1.19 bits per heavy atom. The molecule has 1 saturated carbocycles. The lowest BCUT2D eigenvalue weighted by Gasteiger charge is -2.20. The van der Waals surface area contributed by atoms with Gasteiger partial charge in [-0.2, -0.15) is 0 Å². The van der Waals surface area contributed by atoms with Gasteiger partial charge in [-0.05, 0) is 24.8 Å². The molecule has 2 aromatic heterocycles. The van der Waals surface area contributed by atoms with Crippen LogP contribution in [0.5, 0.6) is 0 Å². The summed E-state index contributed by atoms with van der Waals surface area (Å²) in [5.74, 6) is 2.68. The van der Waals surface area contributed by atoms with Gasteiger partial charge in [0.05, 0.1) is 11.4 Å². The zero-order valence-corrected chi connectivity index (χ0v) is 13.5. The van der Waals surface area contributed by atoms with E-state index in [1.54, 1.807) is 18.5 Å². The van der Waals surface area contributed by atoms with E-state index >= 15 is 0 Å². The van der Waals surface area contributed by atoms with Crippen LogP contribution >= 0.6 is 11.3 Å². The van der Waals surface area contributed by atoms with Crippen molar-refractivity contribution in [2.75, 3.05) is 5.75 Å². The molecule has 21 heavy (non-hydrogen) atoms. The molecule has 4 nitrogen and oxygen atoms in total. The summed E-state index contributed by atoms with van der Waals surface area (Å²) in [5, 5.41) is 2.78. The normalized spacial score (nSPS) is 17.7. The average molecular weight is 321 g/mol. The summed E-state index contributed by atoms with van der Waals surface area (Å²) in [6.45, 7) is 0. The highest BCUT2D eigenvalue weighted by Gasteiger charge is 2.17. The fraction of sp³-hybridized carbons (Fsp3) is 0.533. The fourth-order valence-electron chi connectivity index (χ4n) is 2.73. The number of hydrogen-bond acceptors (Lipinski definition) is 5. The molecule has 1 unspecified atom stereocenters. The Morgan fingerprint density at radius 3 is 2.71 bits per heavy atom. The van der Waals surface area contributed by atoms with Crippen LogP contribution in [0.15, 0.2) is 23.8 Å². The Hall–Kier alpha value is -1.14. The number of thiazole rings is 1. The summed E-state index contributed by atoms with van der Waals surface area (Å²) in [6, 6.07) is 1.79. The predicted molar refractivity (Wildman–Crippen MR) is 86.4 cm³/mol.